The van der Waals surface area contributed by atoms with Crippen LogP contribution >= 0.6 is 0 Å². The molecule has 1 rings (SSSR count). The molecule has 0 aliphatic rings. The van der Waals surface area contributed by atoms with E-state index in [0.717, 1.165) is 12.8 Å². The fraction of sp³-hybridized carbons (Fsp3) is 0.429. The first kappa shape index (κ1) is 15.0. The van der Waals surface area contributed by atoms with Gasteiger partial charge in [0.05, 0.1) is 0 Å². The summed E-state index contributed by atoms with van der Waals surface area (Å²) in [7, 11) is 0. The average molecular weight is 266 g/mol. The van der Waals surface area contributed by atoms with E-state index in [-0.39, 0.29) is 12.2 Å². The van der Waals surface area contributed by atoms with Crippen LogP contribution in [-0.4, -0.2) is 27.8 Å². The monoisotopic (exact) mass is 266 g/mol. The van der Waals surface area contributed by atoms with E-state index in [1.165, 1.54) is 0 Å². The Morgan fingerprint density at radius 1 is 1.11 bits per heavy atom. The van der Waals surface area contributed by atoms with Crippen molar-refractivity contribution < 1.29 is 24.5 Å². The van der Waals surface area contributed by atoms with Crippen LogP contribution in [-0.2, 0) is 9.59 Å². The standard InChI is InChI=1S/C14H18O5/c1-2-3-7-10-14(12(15)16,13(17)18)19-11-8-5-4-6-9-11/h4-6,8-9H,2-3,7,10H2,1H3,(H,15,16)(H,17,18). The van der Waals surface area contributed by atoms with Gasteiger partial charge in [-0.2, -0.15) is 0 Å². The molecule has 0 fully saturated rings. The summed E-state index contributed by atoms with van der Waals surface area (Å²) in [6.07, 6.45) is 2.07. The molecule has 0 atom stereocenters. The molecule has 1 aromatic rings. The smallest absolute Gasteiger partial charge is 0.360 e. The first-order valence-electron chi connectivity index (χ1n) is 6.24. The van der Waals surface area contributed by atoms with E-state index in [9.17, 15) is 19.8 Å². The Morgan fingerprint density at radius 3 is 2.16 bits per heavy atom. The lowest BCUT2D eigenvalue weighted by Crippen LogP contribution is -2.51. The number of aliphatic carboxylic acids is 2. The van der Waals surface area contributed by atoms with Crippen molar-refractivity contribution in [1.82, 2.24) is 0 Å². The summed E-state index contributed by atoms with van der Waals surface area (Å²) in [5.74, 6) is -2.70. The first-order chi connectivity index (χ1) is 9.03. The minimum atomic E-state index is -2.21. The number of para-hydroxylation sites is 1. The van der Waals surface area contributed by atoms with Crippen LogP contribution in [0.25, 0.3) is 0 Å². The van der Waals surface area contributed by atoms with Crippen molar-refractivity contribution >= 4 is 11.9 Å². The average Bonchev–Trinajstić information content (AvgIpc) is 2.38. The van der Waals surface area contributed by atoms with Crippen molar-refractivity contribution in [2.24, 2.45) is 0 Å². The largest absolute Gasteiger partial charge is 0.478 e. The molecule has 0 saturated carbocycles. The normalized spacial score (nSPS) is 11.0. The fourth-order valence-corrected chi connectivity index (χ4v) is 1.76. The lowest BCUT2D eigenvalue weighted by Gasteiger charge is -2.26. The second-order valence-electron chi connectivity index (χ2n) is 4.31. The van der Waals surface area contributed by atoms with Gasteiger partial charge in [-0.3, -0.25) is 0 Å². The van der Waals surface area contributed by atoms with Crippen LogP contribution < -0.4 is 4.74 Å². The minimum absolute atomic E-state index is 0.0552. The number of hydrogen-bond acceptors (Lipinski definition) is 3. The predicted octanol–water partition coefficient (Wildman–Crippen LogP) is 2.55. The Kier molecular flexibility index (Phi) is 5.36. The van der Waals surface area contributed by atoms with E-state index >= 15 is 0 Å². The molecule has 0 saturated heterocycles. The maximum atomic E-state index is 11.4. The summed E-state index contributed by atoms with van der Waals surface area (Å²) in [6.45, 7) is 1.96. The molecule has 19 heavy (non-hydrogen) atoms. The Morgan fingerprint density at radius 2 is 1.68 bits per heavy atom. The summed E-state index contributed by atoms with van der Waals surface area (Å²) >= 11 is 0. The van der Waals surface area contributed by atoms with E-state index in [0.29, 0.717) is 6.42 Å². The van der Waals surface area contributed by atoms with Crippen LogP contribution in [0.4, 0.5) is 0 Å². The maximum absolute atomic E-state index is 11.4. The Hall–Kier alpha value is -2.04. The number of rotatable bonds is 8. The molecule has 0 aliphatic heterocycles. The summed E-state index contributed by atoms with van der Waals surface area (Å²) < 4.78 is 5.27. The van der Waals surface area contributed by atoms with Crippen molar-refractivity contribution in [2.45, 2.75) is 38.2 Å². The highest BCUT2D eigenvalue weighted by atomic mass is 16.6. The molecule has 0 radical (unpaired) electrons. The van der Waals surface area contributed by atoms with Crippen molar-refractivity contribution in [2.75, 3.05) is 0 Å². The zero-order valence-corrected chi connectivity index (χ0v) is 10.8. The van der Waals surface area contributed by atoms with Crippen LogP contribution in [0.2, 0.25) is 0 Å². The van der Waals surface area contributed by atoms with Gasteiger partial charge in [-0.05, 0) is 18.6 Å². The van der Waals surface area contributed by atoms with Gasteiger partial charge in [0.25, 0.3) is 0 Å². The third kappa shape index (κ3) is 3.71. The van der Waals surface area contributed by atoms with Gasteiger partial charge in [0.2, 0.25) is 0 Å². The van der Waals surface area contributed by atoms with E-state index < -0.39 is 17.5 Å². The Balaban J connectivity index is 2.96. The second-order valence-corrected chi connectivity index (χ2v) is 4.31. The summed E-state index contributed by atoms with van der Waals surface area (Å²) in [5.41, 5.74) is -2.21. The Labute approximate surface area is 111 Å². The molecule has 0 amide bonds. The van der Waals surface area contributed by atoms with Crippen LogP contribution in [0, 0.1) is 0 Å². The fourth-order valence-electron chi connectivity index (χ4n) is 1.76. The molecule has 0 spiro atoms. The molecule has 0 unspecified atom stereocenters. The minimum Gasteiger partial charge on any atom is -0.478 e. The summed E-state index contributed by atoms with van der Waals surface area (Å²) in [5, 5.41) is 18.5. The molecule has 2 N–H and O–H groups in total. The molecule has 104 valence electrons. The zero-order chi connectivity index (χ0) is 14.3. The topological polar surface area (TPSA) is 83.8 Å². The first-order valence-corrected chi connectivity index (χ1v) is 6.24. The van der Waals surface area contributed by atoms with Gasteiger partial charge >= 0.3 is 17.5 Å². The molecule has 5 nitrogen and oxygen atoms in total. The third-order valence-electron chi connectivity index (χ3n) is 2.86. The molecule has 5 heteroatoms. The molecule has 0 bridgehead atoms. The van der Waals surface area contributed by atoms with Gasteiger partial charge in [0.1, 0.15) is 5.75 Å². The van der Waals surface area contributed by atoms with E-state index in [1.54, 1.807) is 30.3 Å². The quantitative estimate of drug-likeness (QED) is 0.558. The number of benzene rings is 1. The van der Waals surface area contributed by atoms with Gasteiger partial charge < -0.3 is 14.9 Å². The van der Waals surface area contributed by atoms with E-state index in [1.807, 2.05) is 6.92 Å². The number of carboxylic acid groups (broad SMARTS) is 2. The number of ether oxygens (including phenoxy) is 1. The summed E-state index contributed by atoms with van der Waals surface area (Å²) in [4.78, 5) is 22.7. The lowest BCUT2D eigenvalue weighted by molar-refractivity contribution is -0.173. The van der Waals surface area contributed by atoms with Crippen LogP contribution in [0.3, 0.4) is 0 Å². The van der Waals surface area contributed by atoms with Gasteiger partial charge in [0.15, 0.2) is 0 Å². The van der Waals surface area contributed by atoms with Crippen LogP contribution in [0.15, 0.2) is 30.3 Å². The van der Waals surface area contributed by atoms with Crippen molar-refractivity contribution in [3.05, 3.63) is 30.3 Å². The van der Waals surface area contributed by atoms with Crippen LogP contribution in [0.5, 0.6) is 5.75 Å². The zero-order valence-electron chi connectivity index (χ0n) is 10.8. The number of hydrogen-bond donors (Lipinski definition) is 2. The SMILES string of the molecule is CCCCCC(Oc1ccccc1)(C(=O)O)C(=O)O. The van der Waals surface area contributed by atoms with Gasteiger partial charge in [-0.1, -0.05) is 38.0 Å². The van der Waals surface area contributed by atoms with Crippen LogP contribution in [0.1, 0.15) is 32.6 Å². The molecular weight excluding hydrogens is 248 g/mol. The van der Waals surface area contributed by atoms with Crippen molar-refractivity contribution in [3.8, 4) is 5.75 Å². The third-order valence-corrected chi connectivity index (χ3v) is 2.86. The Bertz CT molecular complexity index is 413. The van der Waals surface area contributed by atoms with Gasteiger partial charge in [-0.25, -0.2) is 9.59 Å². The van der Waals surface area contributed by atoms with Crippen molar-refractivity contribution in [3.63, 3.8) is 0 Å². The van der Waals surface area contributed by atoms with Gasteiger partial charge in [-0.15, -0.1) is 0 Å². The number of unbranched alkanes of at least 4 members (excludes halogenated alkanes) is 2. The maximum Gasteiger partial charge on any atom is 0.360 e. The predicted molar refractivity (Wildman–Crippen MR) is 69.2 cm³/mol. The van der Waals surface area contributed by atoms with E-state index in [2.05, 4.69) is 0 Å². The highest BCUT2D eigenvalue weighted by Crippen LogP contribution is 2.25. The lowest BCUT2D eigenvalue weighted by atomic mass is 9.96. The molecule has 1 aromatic carbocycles. The molecule has 0 aliphatic carbocycles. The molecule has 0 aromatic heterocycles. The van der Waals surface area contributed by atoms with Gasteiger partial charge in [0, 0.05) is 6.42 Å². The highest BCUT2D eigenvalue weighted by Gasteiger charge is 2.49. The van der Waals surface area contributed by atoms with E-state index in [4.69, 9.17) is 4.74 Å². The second kappa shape index (κ2) is 6.78. The number of carbonyl (C=O) groups is 2. The summed E-state index contributed by atoms with van der Waals surface area (Å²) in [6, 6.07) is 8.15. The number of carboxylic acids is 2. The molecule has 0 heterocycles. The van der Waals surface area contributed by atoms with Crippen molar-refractivity contribution in [1.29, 1.82) is 0 Å². The highest BCUT2D eigenvalue weighted by molar-refractivity contribution is 6.02. The molecular formula is C14H18O5.